The van der Waals surface area contributed by atoms with Gasteiger partial charge in [0.1, 0.15) is 0 Å². The van der Waals surface area contributed by atoms with Crippen LogP contribution in [0.2, 0.25) is 0 Å². The zero-order chi connectivity index (χ0) is 14.6. The number of benzene rings is 1. The van der Waals surface area contributed by atoms with Crippen LogP contribution in [0, 0.1) is 0 Å². The summed E-state index contributed by atoms with van der Waals surface area (Å²) in [5.41, 5.74) is 0.967. The number of rotatable bonds is 5. The van der Waals surface area contributed by atoms with Gasteiger partial charge in [-0.25, -0.2) is 8.42 Å². The predicted molar refractivity (Wildman–Crippen MR) is 77.8 cm³/mol. The van der Waals surface area contributed by atoms with E-state index in [0.717, 1.165) is 18.4 Å². The van der Waals surface area contributed by atoms with Crippen LogP contribution in [-0.4, -0.2) is 37.7 Å². The quantitative estimate of drug-likeness (QED) is 0.861. The average molecular weight is 299 g/mol. The molecule has 20 heavy (non-hydrogen) atoms. The molecule has 2 N–H and O–H groups in total. The highest BCUT2D eigenvalue weighted by Crippen LogP contribution is 2.26. The Morgan fingerprint density at radius 1 is 1.45 bits per heavy atom. The van der Waals surface area contributed by atoms with Crippen LogP contribution in [0.4, 0.5) is 0 Å². The van der Waals surface area contributed by atoms with Gasteiger partial charge < -0.3 is 15.2 Å². The Morgan fingerprint density at radius 3 is 2.95 bits per heavy atom. The van der Waals surface area contributed by atoms with Gasteiger partial charge in [-0.3, -0.25) is 0 Å². The first kappa shape index (κ1) is 15.1. The molecule has 0 aliphatic carbocycles. The Kier molecular flexibility index (Phi) is 4.88. The van der Waals surface area contributed by atoms with Gasteiger partial charge in [0.25, 0.3) is 0 Å². The van der Waals surface area contributed by atoms with Crippen LogP contribution in [0.25, 0.3) is 0 Å². The van der Waals surface area contributed by atoms with Gasteiger partial charge in [0.2, 0.25) is 0 Å². The molecule has 1 fully saturated rings. The molecular weight excluding hydrogens is 278 g/mol. The molecule has 0 amide bonds. The third-order valence-corrected chi connectivity index (χ3v) is 5.20. The van der Waals surface area contributed by atoms with Crippen molar-refractivity contribution in [1.29, 1.82) is 0 Å². The van der Waals surface area contributed by atoms with E-state index in [-0.39, 0.29) is 17.5 Å². The largest absolute Gasteiger partial charge is 0.504 e. The molecule has 1 aromatic rings. The molecule has 2 rings (SSSR count). The lowest BCUT2D eigenvalue weighted by Gasteiger charge is -2.23. The van der Waals surface area contributed by atoms with Gasteiger partial charge in [-0.05, 0) is 37.5 Å². The monoisotopic (exact) mass is 299 g/mol. The van der Waals surface area contributed by atoms with Gasteiger partial charge in [0.15, 0.2) is 21.3 Å². The van der Waals surface area contributed by atoms with Crippen molar-refractivity contribution in [3.05, 3.63) is 23.8 Å². The van der Waals surface area contributed by atoms with Crippen LogP contribution < -0.4 is 10.1 Å². The second kappa shape index (κ2) is 6.45. The maximum atomic E-state index is 11.6. The minimum absolute atomic E-state index is 0.0121. The van der Waals surface area contributed by atoms with Crippen LogP contribution in [-0.2, 0) is 16.4 Å². The second-order valence-electron chi connectivity index (χ2n) is 5.07. The molecule has 0 saturated carbocycles. The minimum Gasteiger partial charge on any atom is -0.504 e. The molecule has 1 aromatic carbocycles. The fourth-order valence-corrected chi connectivity index (χ4v) is 4.06. The number of nitrogens with one attached hydrogen (secondary N) is 1. The summed E-state index contributed by atoms with van der Waals surface area (Å²) in [5.74, 6) is 1.10. The summed E-state index contributed by atoms with van der Waals surface area (Å²) in [6.45, 7) is 2.92. The molecule has 1 heterocycles. The van der Waals surface area contributed by atoms with Crippen molar-refractivity contribution in [2.75, 3.05) is 18.1 Å². The lowest BCUT2D eigenvalue weighted by atomic mass is 10.1. The van der Waals surface area contributed by atoms with Gasteiger partial charge in [-0.15, -0.1) is 0 Å². The van der Waals surface area contributed by atoms with E-state index in [4.69, 9.17) is 4.74 Å². The van der Waals surface area contributed by atoms with Crippen LogP contribution in [0.3, 0.4) is 0 Å². The molecular formula is C14H21NO4S. The summed E-state index contributed by atoms with van der Waals surface area (Å²) in [6.07, 6.45) is 1.61. The first-order chi connectivity index (χ1) is 9.50. The summed E-state index contributed by atoms with van der Waals surface area (Å²) in [6, 6.07) is 5.20. The van der Waals surface area contributed by atoms with Crippen molar-refractivity contribution < 1.29 is 18.3 Å². The molecule has 0 radical (unpaired) electrons. The summed E-state index contributed by atoms with van der Waals surface area (Å²) < 4.78 is 28.5. The zero-order valence-corrected chi connectivity index (χ0v) is 12.4. The Labute approximate surface area is 119 Å². The maximum absolute atomic E-state index is 11.6. The van der Waals surface area contributed by atoms with Gasteiger partial charge in [0, 0.05) is 12.6 Å². The highest BCUT2D eigenvalue weighted by Gasteiger charge is 2.24. The lowest BCUT2D eigenvalue weighted by Crippen LogP contribution is -2.39. The van der Waals surface area contributed by atoms with E-state index in [0.29, 0.717) is 24.7 Å². The first-order valence-electron chi connectivity index (χ1n) is 6.88. The maximum Gasteiger partial charge on any atom is 0.161 e. The summed E-state index contributed by atoms with van der Waals surface area (Å²) >= 11 is 0. The third kappa shape index (κ3) is 4.11. The van der Waals surface area contributed by atoms with Crippen molar-refractivity contribution in [1.82, 2.24) is 5.32 Å². The van der Waals surface area contributed by atoms with Gasteiger partial charge in [-0.2, -0.15) is 0 Å². The average Bonchev–Trinajstić information content (AvgIpc) is 2.39. The molecule has 1 saturated heterocycles. The van der Waals surface area contributed by atoms with E-state index in [1.807, 2.05) is 13.0 Å². The van der Waals surface area contributed by atoms with Crippen molar-refractivity contribution in [2.45, 2.75) is 32.4 Å². The van der Waals surface area contributed by atoms with Crippen molar-refractivity contribution in [2.24, 2.45) is 0 Å². The molecule has 5 nitrogen and oxygen atoms in total. The number of sulfone groups is 1. The number of ether oxygens (including phenoxy) is 1. The first-order valence-corrected chi connectivity index (χ1v) is 8.71. The minimum atomic E-state index is -2.89. The molecule has 112 valence electrons. The SMILES string of the molecule is CCOc1cc(CNC2CCCS(=O)(=O)C2)ccc1O. The van der Waals surface area contributed by atoms with Crippen molar-refractivity contribution >= 4 is 9.84 Å². The number of hydrogen-bond donors (Lipinski definition) is 2. The number of hydrogen-bond acceptors (Lipinski definition) is 5. The van der Waals surface area contributed by atoms with E-state index in [9.17, 15) is 13.5 Å². The van der Waals surface area contributed by atoms with Gasteiger partial charge in [0.05, 0.1) is 18.1 Å². The normalized spacial score (nSPS) is 21.6. The Morgan fingerprint density at radius 2 is 2.25 bits per heavy atom. The molecule has 0 spiro atoms. The molecule has 1 unspecified atom stereocenters. The van der Waals surface area contributed by atoms with Crippen LogP contribution in [0.15, 0.2) is 18.2 Å². The number of phenols is 1. The predicted octanol–water partition coefficient (Wildman–Crippen LogP) is 1.46. The Bertz CT molecular complexity index is 556. The topological polar surface area (TPSA) is 75.6 Å². The standard InChI is InChI=1S/C14H21NO4S/c1-2-19-14-8-11(5-6-13(14)16)9-15-12-4-3-7-20(17,18)10-12/h5-6,8,12,15-16H,2-4,7,9-10H2,1H3. The van der Waals surface area contributed by atoms with E-state index < -0.39 is 9.84 Å². The lowest BCUT2D eigenvalue weighted by molar-refractivity contribution is 0.317. The summed E-state index contributed by atoms with van der Waals surface area (Å²) in [5, 5.41) is 12.9. The molecule has 0 aromatic heterocycles. The fourth-order valence-electron chi connectivity index (χ4n) is 2.39. The molecule has 1 aliphatic rings. The number of phenolic OH excluding ortho intramolecular Hbond substituents is 1. The van der Waals surface area contributed by atoms with E-state index in [2.05, 4.69) is 5.32 Å². The molecule has 6 heteroatoms. The van der Waals surface area contributed by atoms with Crippen LogP contribution in [0.1, 0.15) is 25.3 Å². The van der Waals surface area contributed by atoms with E-state index >= 15 is 0 Å². The Hall–Kier alpha value is -1.27. The van der Waals surface area contributed by atoms with E-state index in [1.54, 1.807) is 12.1 Å². The summed E-state index contributed by atoms with van der Waals surface area (Å²) in [7, 11) is -2.89. The van der Waals surface area contributed by atoms with Gasteiger partial charge >= 0.3 is 0 Å². The molecule has 1 atom stereocenters. The fraction of sp³-hybridized carbons (Fsp3) is 0.571. The Balaban J connectivity index is 1.95. The number of aromatic hydroxyl groups is 1. The molecule has 1 aliphatic heterocycles. The second-order valence-corrected chi connectivity index (χ2v) is 7.30. The third-order valence-electron chi connectivity index (χ3n) is 3.38. The zero-order valence-electron chi connectivity index (χ0n) is 11.6. The van der Waals surface area contributed by atoms with Crippen LogP contribution >= 0.6 is 0 Å². The molecule has 0 bridgehead atoms. The highest BCUT2D eigenvalue weighted by molar-refractivity contribution is 7.91. The van der Waals surface area contributed by atoms with Crippen molar-refractivity contribution in [3.63, 3.8) is 0 Å². The van der Waals surface area contributed by atoms with E-state index in [1.165, 1.54) is 0 Å². The highest BCUT2D eigenvalue weighted by atomic mass is 32.2. The smallest absolute Gasteiger partial charge is 0.161 e. The summed E-state index contributed by atoms with van der Waals surface area (Å²) in [4.78, 5) is 0. The van der Waals surface area contributed by atoms with Crippen LogP contribution in [0.5, 0.6) is 11.5 Å². The van der Waals surface area contributed by atoms with Crippen molar-refractivity contribution in [3.8, 4) is 11.5 Å². The van der Waals surface area contributed by atoms with Gasteiger partial charge in [-0.1, -0.05) is 6.07 Å².